The lowest BCUT2D eigenvalue weighted by molar-refractivity contribution is -0.162. The molecule has 326 valence electrons. The van der Waals surface area contributed by atoms with Gasteiger partial charge in [0, 0.05) is 28.8 Å². The van der Waals surface area contributed by atoms with Crippen LogP contribution in [0.15, 0.2) is 89.1 Å². The maximum absolute atomic E-state index is 14.0. The predicted molar refractivity (Wildman–Crippen MR) is 236 cm³/mol. The summed E-state index contributed by atoms with van der Waals surface area (Å²) in [6, 6.07) is 14.1. The molecule has 11 heteroatoms. The van der Waals surface area contributed by atoms with Crippen LogP contribution in [0.5, 0.6) is 23.0 Å². The molecule has 1 saturated heterocycles. The van der Waals surface area contributed by atoms with Crippen molar-refractivity contribution in [2.45, 2.75) is 106 Å². The summed E-state index contributed by atoms with van der Waals surface area (Å²) < 4.78 is 34.9. The molecule has 1 aliphatic heterocycles. The monoisotopic (exact) mass is 853 g/mol. The summed E-state index contributed by atoms with van der Waals surface area (Å²) in [5.74, 6) is 2.73. The van der Waals surface area contributed by atoms with Crippen LogP contribution in [0.4, 0.5) is 0 Å². The standard InChI is InChI=1S/C26H30O5.C24H29NO4.ClH/c1-22(2)17(27)7-9-23(3)16-6-10-24(4)15(14-8-11-30-13-14)12-18-26(24,31-18)25(16,5)21(29)19(28)20(22)23;1-5-26-21-10-9-17(14-22(21)27-6-2)13-20-19-16-24(29-8-4)23(28-7-3)15-18(19)11-12-25-20;/h7-9,11,13,15-16,18,28H,6,10,12H2,1-5H3;9-12,14-16H,5-8,13H2,1-4H3;1H. The Labute approximate surface area is 365 Å². The second-order valence-electron chi connectivity index (χ2n) is 18.0. The minimum atomic E-state index is -0.901. The van der Waals surface area contributed by atoms with Crippen LogP contribution in [-0.4, -0.2) is 59.8 Å². The molecule has 0 radical (unpaired) electrons. The van der Waals surface area contributed by atoms with E-state index >= 15 is 0 Å². The van der Waals surface area contributed by atoms with Gasteiger partial charge < -0.3 is 33.2 Å². The number of benzene rings is 2. The van der Waals surface area contributed by atoms with E-state index < -0.39 is 21.8 Å². The van der Waals surface area contributed by atoms with Crippen LogP contribution in [0.25, 0.3) is 10.8 Å². The molecule has 4 aromatic rings. The van der Waals surface area contributed by atoms with E-state index in [1.165, 1.54) is 5.56 Å². The van der Waals surface area contributed by atoms with E-state index in [1.54, 1.807) is 12.3 Å². The summed E-state index contributed by atoms with van der Waals surface area (Å²) in [4.78, 5) is 31.4. The number of carbonyl (C=O) groups is 2. The fourth-order valence-electron chi connectivity index (χ4n) is 12.1. The number of allylic oxidation sites excluding steroid dienone is 4. The number of Topliss-reactive ketones (excluding diaryl/α,β-unsaturated/α-hetero) is 1. The van der Waals surface area contributed by atoms with Gasteiger partial charge in [0.05, 0.1) is 61.6 Å². The number of ketones is 2. The van der Waals surface area contributed by atoms with E-state index in [0.29, 0.717) is 38.4 Å². The number of pyridine rings is 1. The molecule has 0 amide bonds. The van der Waals surface area contributed by atoms with Crippen molar-refractivity contribution in [2.75, 3.05) is 26.4 Å². The van der Waals surface area contributed by atoms with Gasteiger partial charge in [0.15, 0.2) is 34.5 Å². The molecule has 7 unspecified atom stereocenters. The maximum atomic E-state index is 14.0. The first-order chi connectivity index (χ1) is 28.7. The van der Waals surface area contributed by atoms with E-state index in [9.17, 15) is 14.7 Å². The number of ether oxygens (including phenoxy) is 5. The molecular weight excluding hydrogens is 794 g/mol. The van der Waals surface area contributed by atoms with E-state index in [1.807, 2.05) is 103 Å². The predicted octanol–water partition coefficient (Wildman–Crippen LogP) is 10.7. The van der Waals surface area contributed by atoms with Crippen molar-refractivity contribution in [2.24, 2.45) is 27.6 Å². The van der Waals surface area contributed by atoms with Gasteiger partial charge in [0.1, 0.15) is 5.60 Å². The summed E-state index contributed by atoms with van der Waals surface area (Å²) in [5.41, 5.74) is 0.699. The number of aromatic nitrogens is 1. The number of fused-ring (bicyclic) bond motifs is 4. The van der Waals surface area contributed by atoms with Crippen LogP contribution in [0.3, 0.4) is 0 Å². The SMILES string of the molecule is CC1(C)C(=O)C=CC2(C)C1=C(O)C(=O)C1(C)C2CCC2(C)C(c3ccoc3)CC3OC321.CCOc1ccc(Cc2nccc3cc(OCC)c(OCC)cc23)cc1OCC.Cl. The number of furan rings is 1. The van der Waals surface area contributed by atoms with Gasteiger partial charge in [-0.1, -0.05) is 26.0 Å². The lowest BCUT2D eigenvalue weighted by atomic mass is 9.39. The molecule has 0 bridgehead atoms. The first kappa shape index (κ1) is 44.3. The van der Waals surface area contributed by atoms with Gasteiger partial charge in [-0.05, 0) is 144 Å². The Morgan fingerprint density at radius 1 is 0.836 bits per heavy atom. The number of aliphatic hydroxyl groups is 1. The van der Waals surface area contributed by atoms with Crippen LogP contribution >= 0.6 is 12.4 Å². The van der Waals surface area contributed by atoms with E-state index in [2.05, 4.69) is 24.9 Å². The summed E-state index contributed by atoms with van der Waals surface area (Å²) >= 11 is 0. The Bertz CT molecular complexity index is 2390. The topological polar surface area (TPSA) is 130 Å². The molecule has 2 aromatic carbocycles. The number of hydrogen-bond donors (Lipinski definition) is 1. The third kappa shape index (κ3) is 6.57. The van der Waals surface area contributed by atoms with Gasteiger partial charge in [0.25, 0.3) is 0 Å². The minimum absolute atomic E-state index is 0. The van der Waals surface area contributed by atoms with Crippen LogP contribution in [0.2, 0.25) is 0 Å². The molecule has 1 N–H and O–H groups in total. The Balaban J connectivity index is 0.000000182. The molecule has 5 aliphatic rings. The summed E-state index contributed by atoms with van der Waals surface area (Å²) in [6.45, 7) is 20.3. The zero-order valence-corrected chi connectivity index (χ0v) is 37.7. The average Bonchev–Trinajstić information content (AvgIpc) is 3.57. The van der Waals surface area contributed by atoms with Gasteiger partial charge in [-0.25, -0.2) is 0 Å². The van der Waals surface area contributed by atoms with Crippen molar-refractivity contribution in [3.63, 3.8) is 0 Å². The number of halogens is 1. The highest BCUT2D eigenvalue weighted by Crippen LogP contribution is 2.81. The fourth-order valence-corrected chi connectivity index (χ4v) is 12.1. The minimum Gasteiger partial charge on any atom is -0.504 e. The van der Waals surface area contributed by atoms with Crippen molar-refractivity contribution in [3.8, 4) is 23.0 Å². The number of hydrogen-bond acceptors (Lipinski definition) is 10. The molecule has 1 spiro atoms. The summed E-state index contributed by atoms with van der Waals surface area (Å²) in [7, 11) is 0. The molecular formula is C50H60ClNO9. The Morgan fingerprint density at radius 3 is 2.15 bits per heavy atom. The van der Waals surface area contributed by atoms with Gasteiger partial charge in [-0.3, -0.25) is 14.6 Å². The van der Waals surface area contributed by atoms with Crippen LogP contribution < -0.4 is 18.9 Å². The van der Waals surface area contributed by atoms with Crippen molar-refractivity contribution >= 4 is 34.7 Å². The Kier molecular flexibility index (Phi) is 11.7. The Hall–Kier alpha value is -4.80. The third-order valence-corrected chi connectivity index (χ3v) is 14.7. The van der Waals surface area contributed by atoms with Gasteiger partial charge in [-0.15, -0.1) is 12.4 Å². The smallest absolute Gasteiger partial charge is 0.206 e. The first-order valence-electron chi connectivity index (χ1n) is 21.6. The highest BCUT2D eigenvalue weighted by Gasteiger charge is 2.87. The molecule has 3 heterocycles. The largest absolute Gasteiger partial charge is 0.504 e. The molecule has 3 fully saturated rings. The van der Waals surface area contributed by atoms with Gasteiger partial charge >= 0.3 is 0 Å². The maximum Gasteiger partial charge on any atom is 0.206 e. The first-order valence-corrected chi connectivity index (χ1v) is 21.6. The number of nitrogens with zero attached hydrogens (tertiary/aromatic N) is 1. The van der Waals surface area contributed by atoms with E-state index in [-0.39, 0.29) is 53.1 Å². The Morgan fingerprint density at radius 2 is 1.49 bits per heavy atom. The summed E-state index contributed by atoms with van der Waals surface area (Å²) in [5, 5.41) is 13.5. The third-order valence-electron chi connectivity index (χ3n) is 14.7. The number of epoxide rings is 1. The quantitative estimate of drug-likeness (QED) is 0.146. The summed E-state index contributed by atoms with van der Waals surface area (Å²) in [6.07, 6.45) is 12.3. The van der Waals surface area contributed by atoms with E-state index in [0.717, 1.165) is 64.3 Å². The van der Waals surface area contributed by atoms with Gasteiger partial charge in [0.2, 0.25) is 5.78 Å². The zero-order valence-electron chi connectivity index (χ0n) is 36.9. The highest BCUT2D eigenvalue weighted by atomic mass is 35.5. The number of carbonyl (C=O) groups excluding carboxylic acids is 2. The molecule has 7 atom stereocenters. The van der Waals surface area contributed by atoms with Crippen molar-refractivity contribution in [1.29, 1.82) is 0 Å². The molecule has 2 aromatic heterocycles. The number of rotatable bonds is 11. The van der Waals surface area contributed by atoms with Crippen LogP contribution in [0.1, 0.15) is 104 Å². The van der Waals surface area contributed by atoms with Crippen LogP contribution in [-0.2, 0) is 20.7 Å². The normalized spacial score (nSPS) is 30.2. The highest BCUT2D eigenvalue weighted by molar-refractivity contribution is 6.06. The average molecular weight is 854 g/mol. The number of aliphatic hydroxyl groups excluding tert-OH is 1. The molecule has 9 rings (SSSR count). The second kappa shape index (κ2) is 16.2. The second-order valence-corrected chi connectivity index (χ2v) is 18.0. The van der Waals surface area contributed by atoms with Crippen molar-refractivity contribution in [3.05, 3.63) is 101 Å². The van der Waals surface area contributed by atoms with Crippen molar-refractivity contribution in [1.82, 2.24) is 4.98 Å². The van der Waals surface area contributed by atoms with Crippen molar-refractivity contribution < 1.29 is 42.8 Å². The molecule has 61 heavy (non-hydrogen) atoms. The molecule has 4 aliphatic carbocycles. The lowest BCUT2D eigenvalue weighted by Crippen LogP contribution is -2.66. The van der Waals surface area contributed by atoms with Crippen LogP contribution in [0, 0.1) is 27.6 Å². The molecule has 2 saturated carbocycles. The fraction of sp³-hybridized carbons (Fsp3) is 0.500. The zero-order chi connectivity index (χ0) is 42.8. The van der Waals surface area contributed by atoms with E-state index in [4.69, 9.17) is 28.1 Å². The molecule has 10 nitrogen and oxygen atoms in total. The lowest BCUT2D eigenvalue weighted by Gasteiger charge is -2.62. The van der Waals surface area contributed by atoms with Gasteiger partial charge in [-0.2, -0.15) is 0 Å².